The molecule has 136 valence electrons. The van der Waals surface area contributed by atoms with Gasteiger partial charge in [-0.05, 0) is 48.5 Å². The van der Waals surface area contributed by atoms with Gasteiger partial charge in [0, 0.05) is 17.5 Å². The molecule has 0 bridgehead atoms. The molecule has 2 N–H and O–H groups in total. The fourth-order valence-corrected chi connectivity index (χ4v) is 5.39. The number of nitrogens with one attached hydrogen (secondary N) is 2. The predicted octanol–water partition coefficient (Wildman–Crippen LogP) is 2.92. The number of hydrogen-bond acceptors (Lipinski definition) is 3. The Labute approximate surface area is 152 Å². The van der Waals surface area contributed by atoms with Crippen molar-refractivity contribution in [2.24, 2.45) is 0 Å². The van der Waals surface area contributed by atoms with Crippen molar-refractivity contribution in [3.05, 3.63) is 28.8 Å². The number of benzene rings is 1. The van der Waals surface area contributed by atoms with E-state index in [0.717, 1.165) is 54.5 Å². The van der Waals surface area contributed by atoms with Crippen LogP contribution in [0.5, 0.6) is 0 Å². The van der Waals surface area contributed by atoms with Crippen LogP contribution in [0.1, 0.15) is 62.6 Å². The molecule has 1 spiro atoms. The van der Waals surface area contributed by atoms with Crippen LogP contribution in [-0.4, -0.2) is 22.2 Å². The van der Waals surface area contributed by atoms with Crippen molar-refractivity contribution >= 4 is 23.1 Å². The van der Waals surface area contributed by atoms with Crippen molar-refractivity contribution in [1.29, 1.82) is 0 Å². The van der Waals surface area contributed by atoms with Gasteiger partial charge in [-0.3, -0.25) is 10.1 Å². The number of carbonyl (C=O) groups is 2. The number of fused-ring (bicyclic) bond motifs is 2. The van der Waals surface area contributed by atoms with Crippen LogP contribution in [0.25, 0.3) is 0 Å². The van der Waals surface area contributed by atoms with Crippen molar-refractivity contribution in [3.63, 3.8) is 0 Å². The summed E-state index contributed by atoms with van der Waals surface area (Å²) in [6.07, 6.45) is 6.41. The van der Waals surface area contributed by atoms with Crippen molar-refractivity contribution in [3.8, 4) is 0 Å². The standard InChI is InChI=1S/C19H26N2O3S/c1-3-5-7-13-11-14(8-6-4-2)16-15(12-13)19(9-10-25(16)24)17(22)20-18(23)21-19/h11-12H,3-10H2,1-2H3,(H2,20,21,22,23). The molecule has 0 radical (unpaired) electrons. The van der Waals surface area contributed by atoms with E-state index in [0.29, 0.717) is 12.2 Å². The largest absolute Gasteiger partial charge is 0.611 e. The fraction of sp³-hybridized carbons (Fsp3) is 0.579. The summed E-state index contributed by atoms with van der Waals surface area (Å²) in [5.74, 6) is 0.0817. The van der Waals surface area contributed by atoms with Gasteiger partial charge in [0.2, 0.25) is 0 Å². The average molecular weight is 362 g/mol. The normalized spacial score (nSPS) is 25.0. The monoisotopic (exact) mass is 362 g/mol. The molecule has 3 amide bonds. The maximum Gasteiger partial charge on any atom is 0.322 e. The molecule has 1 saturated heterocycles. The van der Waals surface area contributed by atoms with Gasteiger partial charge in [-0.1, -0.05) is 32.8 Å². The lowest BCUT2D eigenvalue weighted by Crippen LogP contribution is -2.49. The zero-order chi connectivity index (χ0) is 18.0. The van der Waals surface area contributed by atoms with E-state index in [1.54, 1.807) is 0 Å². The lowest BCUT2D eigenvalue weighted by atomic mass is 9.83. The molecule has 2 atom stereocenters. The first kappa shape index (κ1) is 18.3. The van der Waals surface area contributed by atoms with E-state index in [1.807, 2.05) is 6.07 Å². The molecule has 6 heteroatoms. The van der Waals surface area contributed by atoms with Crippen molar-refractivity contribution < 1.29 is 14.1 Å². The number of rotatable bonds is 6. The van der Waals surface area contributed by atoms with Gasteiger partial charge in [-0.25, -0.2) is 4.79 Å². The molecule has 1 aromatic rings. The smallest absolute Gasteiger partial charge is 0.322 e. The maximum absolute atomic E-state index is 12.8. The van der Waals surface area contributed by atoms with Gasteiger partial charge in [0.1, 0.15) is 5.75 Å². The first-order valence-corrected chi connectivity index (χ1v) is 10.5. The summed E-state index contributed by atoms with van der Waals surface area (Å²) in [7, 11) is 0. The number of aryl methyl sites for hydroxylation is 2. The predicted molar refractivity (Wildman–Crippen MR) is 97.9 cm³/mol. The quantitative estimate of drug-likeness (QED) is 0.603. The zero-order valence-electron chi connectivity index (χ0n) is 14.9. The Hall–Kier alpha value is -1.53. The number of imide groups is 1. The van der Waals surface area contributed by atoms with E-state index in [1.165, 1.54) is 5.56 Å². The summed E-state index contributed by atoms with van der Waals surface area (Å²) in [6, 6.07) is 3.70. The van der Waals surface area contributed by atoms with Crippen LogP contribution >= 0.6 is 0 Å². The summed E-state index contributed by atoms with van der Waals surface area (Å²) in [5.41, 5.74) is 1.94. The van der Waals surface area contributed by atoms with Crippen molar-refractivity contribution in [2.75, 3.05) is 5.75 Å². The van der Waals surface area contributed by atoms with Crippen LogP contribution in [0.4, 0.5) is 4.79 Å². The molecule has 5 nitrogen and oxygen atoms in total. The first-order chi connectivity index (χ1) is 12.0. The van der Waals surface area contributed by atoms with Gasteiger partial charge in [0.05, 0.1) is 0 Å². The Morgan fingerprint density at radius 1 is 1.16 bits per heavy atom. The van der Waals surface area contributed by atoms with Crippen LogP contribution in [0.3, 0.4) is 0 Å². The Balaban J connectivity index is 2.13. The molecular formula is C19H26N2O3S. The third-order valence-corrected chi connectivity index (χ3v) is 6.65. The summed E-state index contributed by atoms with van der Waals surface area (Å²) in [5, 5.41) is 5.20. The minimum absolute atomic E-state index is 0.315. The van der Waals surface area contributed by atoms with Gasteiger partial charge >= 0.3 is 6.03 Å². The van der Waals surface area contributed by atoms with Gasteiger partial charge < -0.3 is 9.87 Å². The van der Waals surface area contributed by atoms with Gasteiger partial charge in [0.15, 0.2) is 10.4 Å². The number of unbranched alkanes of at least 4 members (excludes halogenated alkanes) is 2. The molecule has 0 saturated carbocycles. The highest BCUT2D eigenvalue weighted by molar-refractivity contribution is 7.91. The number of amides is 3. The van der Waals surface area contributed by atoms with E-state index in [2.05, 4.69) is 30.5 Å². The van der Waals surface area contributed by atoms with Gasteiger partial charge in [-0.15, -0.1) is 0 Å². The first-order valence-electron chi connectivity index (χ1n) is 9.20. The minimum Gasteiger partial charge on any atom is -0.611 e. The van der Waals surface area contributed by atoms with E-state index >= 15 is 0 Å². The molecule has 25 heavy (non-hydrogen) atoms. The van der Waals surface area contributed by atoms with Crippen molar-refractivity contribution in [1.82, 2.24) is 10.6 Å². The molecule has 2 heterocycles. The second-order valence-corrected chi connectivity index (χ2v) is 8.46. The topological polar surface area (TPSA) is 81.3 Å². The fourth-order valence-electron chi connectivity index (χ4n) is 3.76. The van der Waals surface area contributed by atoms with Gasteiger partial charge in [-0.2, -0.15) is 0 Å². The molecule has 1 fully saturated rings. The summed E-state index contributed by atoms with van der Waals surface area (Å²) >= 11 is -1.12. The minimum atomic E-state index is -1.12. The Bertz CT molecular complexity index is 691. The molecule has 2 unspecified atom stereocenters. The highest BCUT2D eigenvalue weighted by Crippen LogP contribution is 2.42. The number of urea groups is 1. The SMILES string of the molecule is CCCCc1cc(CCCC)c2c(c1)C1(CC[S+]2[O-])NC(=O)NC1=O. The second kappa shape index (κ2) is 7.38. The highest BCUT2D eigenvalue weighted by atomic mass is 32.2. The third kappa shape index (κ3) is 3.29. The lowest BCUT2D eigenvalue weighted by molar-refractivity contribution is -0.124. The molecule has 0 aromatic heterocycles. The van der Waals surface area contributed by atoms with E-state index in [4.69, 9.17) is 0 Å². The van der Waals surface area contributed by atoms with Crippen molar-refractivity contribution in [2.45, 2.75) is 69.2 Å². The summed E-state index contributed by atoms with van der Waals surface area (Å²) in [4.78, 5) is 25.2. The Kier molecular flexibility index (Phi) is 5.39. The third-order valence-electron chi connectivity index (χ3n) is 5.14. The van der Waals surface area contributed by atoms with Crippen LogP contribution in [0, 0.1) is 0 Å². The summed E-state index contributed by atoms with van der Waals surface area (Å²) in [6.45, 7) is 4.29. The van der Waals surface area contributed by atoms with E-state index in [-0.39, 0.29) is 5.91 Å². The summed E-state index contributed by atoms with van der Waals surface area (Å²) < 4.78 is 12.8. The van der Waals surface area contributed by atoms with Crippen LogP contribution in [-0.2, 0) is 34.4 Å². The Morgan fingerprint density at radius 2 is 1.88 bits per heavy atom. The molecule has 3 rings (SSSR count). The lowest BCUT2D eigenvalue weighted by Gasteiger charge is -2.34. The van der Waals surface area contributed by atoms with Crippen LogP contribution < -0.4 is 10.6 Å². The van der Waals surface area contributed by atoms with E-state index < -0.39 is 22.7 Å². The highest BCUT2D eigenvalue weighted by Gasteiger charge is 2.54. The average Bonchev–Trinajstić information content (AvgIpc) is 2.88. The molecule has 2 aliphatic heterocycles. The van der Waals surface area contributed by atoms with Crippen LogP contribution in [0.15, 0.2) is 17.0 Å². The second-order valence-electron chi connectivity index (χ2n) is 6.95. The Morgan fingerprint density at radius 3 is 2.52 bits per heavy atom. The molecule has 1 aromatic carbocycles. The molecule has 0 aliphatic carbocycles. The van der Waals surface area contributed by atoms with Crippen LogP contribution in [0.2, 0.25) is 0 Å². The van der Waals surface area contributed by atoms with Gasteiger partial charge in [0.25, 0.3) is 5.91 Å². The maximum atomic E-state index is 12.8. The number of carbonyl (C=O) groups excluding carboxylic acids is 2. The zero-order valence-corrected chi connectivity index (χ0v) is 15.8. The number of hydrogen-bond donors (Lipinski definition) is 2. The molecule has 2 aliphatic rings. The molecular weight excluding hydrogens is 336 g/mol. The van der Waals surface area contributed by atoms with E-state index in [9.17, 15) is 14.1 Å².